The molecular weight excluding hydrogens is 562 g/mol. The number of nitrogens with zero attached hydrogens (tertiary/aromatic N) is 4. The molecule has 4 rings (SSSR count). The maximum absolute atomic E-state index is 13.0. The van der Waals surface area contributed by atoms with E-state index in [2.05, 4.69) is 34.7 Å². The number of thiophene rings is 1. The Bertz CT molecular complexity index is 1440. The van der Waals surface area contributed by atoms with Gasteiger partial charge in [-0.1, -0.05) is 44.5 Å². The summed E-state index contributed by atoms with van der Waals surface area (Å²) in [6.07, 6.45) is 0.100. The van der Waals surface area contributed by atoms with E-state index in [0.29, 0.717) is 37.2 Å². The lowest BCUT2D eigenvalue weighted by Gasteiger charge is -2.25. The Morgan fingerprint density at radius 1 is 1.10 bits per heavy atom. The second-order valence-corrected chi connectivity index (χ2v) is 12.8. The van der Waals surface area contributed by atoms with Crippen molar-refractivity contribution in [1.82, 2.24) is 25.4 Å². The zero-order valence-electron chi connectivity index (χ0n) is 24.4. The maximum Gasteiger partial charge on any atom is 0.237 e. The van der Waals surface area contributed by atoms with Crippen molar-refractivity contribution in [1.29, 1.82) is 0 Å². The molecule has 3 heterocycles. The molecule has 2 amide bonds. The highest BCUT2D eigenvalue weighted by atomic mass is 35.5. The number of rotatable bonds is 10. The minimum atomic E-state index is -0.595. The Morgan fingerprint density at radius 3 is 2.41 bits per heavy atom. The van der Waals surface area contributed by atoms with Crippen molar-refractivity contribution in [3.05, 3.63) is 62.5 Å². The van der Waals surface area contributed by atoms with Gasteiger partial charge in [-0.2, -0.15) is 0 Å². The van der Waals surface area contributed by atoms with E-state index in [1.165, 1.54) is 4.88 Å². The number of amides is 2. The van der Waals surface area contributed by atoms with E-state index in [9.17, 15) is 9.59 Å². The number of ether oxygens (including phenoxy) is 1. The summed E-state index contributed by atoms with van der Waals surface area (Å²) in [7, 11) is 0. The van der Waals surface area contributed by atoms with Crippen LogP contribution < -0.4 is 16.4 Å². The molecule has 0 saturated carbocycles. The molecule has 1 aromatic carbocycles. The minimum absolute atomic E-state index is 0.100. The van der Waals surface area contributed by atoms with Crippen LogP contribution in [0.2, 0.25) is 5.02 Å². The number of carbonyl (C=O) groups is 2. The van der Waals surface area contributed by atoms with Crippen molar-refractivity contribution in [2.45, 2.75) is 60.0 Å². The molecule has 0 aliphatic carbocycles. The third-order valence-corrected chi connectivity index (χ3v) is 8.51. The number of hydrogen-bond acceptors (Lipinski definition) is 8. The summed E-state index contributed by atoms with van der Waals surface area (Å²) >= 11 is 7.84. The van der Waals surface area contributed by atoms with Gasteiger partial charge in [-0.3, -0.25) is 19.1 Å². The van der Waals surface area contributed by atoms with Crippen molar-refractivity contribution in [3.63, 3.8) is 0 Å². The highest BCUT2D eigenvalue weighted by molar-refractivity contribution is 7.15. The lowest BCUT2D eigenvalue weighted by atomic mass is 9.87. The first-order chi connectivity index (χ1) is 19.4. The normalized spacial score (nSPS) is 15.4. The van der Waals surface area contributed by atoms with Gasteiger partial charge in [-0.05, 0) is 43.9 Å². The van der Waals surface area contributed by atoms with Crippen LogP contribution in [0.15, 0.2) is 29.3 Å². The molecule has 3 aromatic rings. The lowest BCUT2D eigenvalue weighted by molar-refractivity contribution is -0.124. The molecule has 2 aromatic heterocycles. The molecule has 0 fully saturated rings. The van der Waals surface area contributed by atoms with Crippen LogP contribution in [0.4, 0.5) is 0 Å². The molecule has 220 valence electrons. The van der Waals surface area contributed by atoms with Crippen LogP contribution in [0.5, 0.6) is 0 Å². The summed E-state index contributed by atoms with van der Waals surface area (Å²) in [4.78, 5) is 31.4. The Hall–Kier alpha value is -3.12. The Kier molecular flexibility index (Phi) is 9.63. The van der Waals surface area contributed by atoms with Crippen LogP contribution >= 0.6 is 22.9 Å². The van der Waals surface area contributed by atoms with Gasteiger partial charge in [0.2, 0.25) is 11.8 Å². The fourth-order valence-corrected chi connectivity index (χ4v) is 5.83. The molecule has 41 heavy (non-hydrogen) atoms. The highest BCUT2D eigenvalue weighted by Gasteiger charge is 2.32. The zero-order chi connectivity index (χ0) is 29.9. The van der Waals surface area contributed by atoms with Gasteiger partial charge in [0.05, 0.1) is 31.4 Å². The van der Waals surface area contributed by atoms with E-state index in [0.717, 1.165) is 33.2 Å². The first-order valence-corrected chi connectivity index (χ1v) is 14.8. The number of carbonyl (C=O) groups excluding carboxylic acids is 2. The van der Waals surface area contributed by atoms with E-state index in [-0.39, 0.29) is 23.7 Å². The van der Waals surface area contributed by atoms with Crippen molar-refractivity contribution < 1.29 is 14.3 Å². The van der Waals surface area contributed by atoms with Crippen molar-refractivity contribution in [2.24, 2.45) is 16.1 Å². The predicted molar refractivity (Wildman–Crippen MR) is 162 cm³/mol. The van der Waals surface area contributed by atoms with Crippen LogP contribution in [0.25, 0.3) is 5.00 Å². The molecule has 12 heteroatoms. The number of aryl methyl sites for hydroxylation is 2. The topological polar surface area (TPSA) is 137 Å². The van der Waals surface area contributed by atoms with E-state index in [1.807, 2.05) is 56.5 Å². The summed E-state index contributed by atoms with van der Waals surface area (Å²) in [5, 5.41) is 16.1. The molecule has 0 spiro atoms. The van der Waals surface area contributed by atoms with Crippen LogP contribution in [0.1, 0.15) is 66.5 Å². The SMILES string of the molecule is Cc1sc2c(c1C)C(c1ccc(Cl)cc1)=N[C@@H](CC(=O)NCCOCCNC(=O)C(N)C(C)(C)C)c1nnc(C)n1-2. The average Bonchev–Trinajstić information content (AvgIpc) is 3.39. The van der Waals surface area contributed by atoms with Gasteiger partial charge < -0.3 is 21.1 Å². The molecule has 1 aliphatic heterocycles. The molecule has 1 aliphatic rings. The third-order valence-electron chi connectivity index (χ3n) is 7.07. The third kappa shape index (κ3) is 7.03. The van der Waals surface area contributed by atoms with Gasteiger partial charge in [0, 0.05) is 34.1 Å². The predicted octanol–water partition coefficient (Wildman–Crippen LogP) is 3.81. The van der Waals surface area contributed by atoms with Crippen LogP contribution in [0, 0.1) is 26.2 Å². The standard InChI is InChI=1S/C29H38ClN7O3S/c1-16-17(2)41-28-23(16)24(19-7-9-20(30)10-8-19)34-21(26-36-35-18(3)37(26)28)15-22(38)32-11-13-40-14-12-33-27(39)25(31)29(4,5)6/h7-10,21,25H,11-15,31H2,1-6H3,(H,32,38)(H,33,39)/t21-,25?/m0/s1. The van der Waals surface area contributed by atoms with E-state index >= 15 is 0 Å². The molecule has 0 radical (unpaired) electrons. The monoisotopic (exact) mass is 599 g/mol. The van der Waals surface area contributed by atoms with Crippen LogP contribution in [0.3, 0.4) is 0 Å². The minimum Gasteiger partial charge on any atom is -0.378 e. The molecule has 1 unspecified atom stereocenters. The summed E-state index contributed by atoms with van der Waals surface area (Å²) in [5.41, 5.74) is 9.52. The van der Waals surface area contributed by atoms with Gasteiger partial charge >= 0.3 is 0 Å². The molecule has 0 saturated heterocycles. The van der Waals surface area contributed by atoms with Gasteiger partial charge in [-0.25, -0.2) is 0 Å². The molecule has 4 N–H and O–H groups in total. The Labute approximate surface area is 249 Å². The van der Waals surface area contributed by atoms with Crippen molar-refractivity contribution >= 4 is 40.5 Å². The molecule has 0 bridgehead atoms. The fraction of sp³-hybridized carbons (Fsp3) is 0.483. The summed E-state index contributed by atoms with van der Waals surface area (Å²) in [6, 6.07) is 6.45. The van der Waals surface area contributed by atoms with Gasteiger partial charge in [0.1, 0.15) is 16.9 Å². The number of nitrogens with one attached hydrogen (secondary N) is 2. The first-order valence-electron chi connectivity index (χ1n) is 13.6. The maximum atomic E-state index is 13.0. The Balaban J connectivity index is 1.42. The molecule has 2 atom stereocenters. The summed E-state index contributed by atoms with van der Waals surface area (Å²) in [5.74, 6) is 0.987. The fourth-order valence-electron chi connectivity index (χ4n) is 4.49. The van der Waals surface area contributed by atoms with E-state index < -0.39 is 12.1 Å². The lowest BCUT2D eigenvalue weighted by Crippen LogP contribution is -2.49. The smallest absolute Gasteiger partial charge is 0.237 e. The number of halogens is 1. The quantitative estimate of drug-likeness (QED) is 0.303. The van der Waals surface area contributed by atoms with Gasteiger partial charge in [-0.15, -0.1) is 21.5 Å². The number of aliphatic imine (C=N–C) groups is 1. The number of hydrogen-bond donors (Lipinski definition) is 3. The van der Waals surface area contributed by atoms with Crippen LogP contribution in [-0.4, -0.2) is 64.6 Å². The van der Waals surface area contributed by atoms with Gasteiger partial charge in [0.25, 0.3) is 0 Å². The molecular formula is C29H38ClN7O3S. The number of benzene rings is 1. The Morgan fingerprint density at radius 2 is 1.76 bits per heavy atom. The average molecular weight is 600 g/mol. The van der Waals surface area contributed by atoms with Crippen molar-refractivity contribution in [3.8, 4) is 5.00 Å². The number of nitrogens with two attached hydrogens (primary N) is 1. The zero-order valence-corrected chi connectivity index (χ0v) is 25.9. The van der Waals surface area contributed by atoms with Gasteiger partial charge in [0.15, 0.2) is 5.82 Å². The number of fused-ring (bicyclic) bond motifs is 3. The number of aromatic nitrogens is 3. The van der Waals surface area contributed by atoms with Crippen LogP contribution in [-0.2, 0) is 14.3 Å². The first kappa shape index (κ1) is 30.8. The van der Waals surface area contributed by atoms with E-state index in [1.54, 1.807) is 11.3 Å². The highest BCUT2D eigenvalue weighted by Crippen LogP contribution is 2.39. The largest absolute Gasteiger partial charge is 0.378 e. The second kappa shape index (κ2) is 12.8. The van der Waals surface area contributed by atoms with Crippen molar-refractivity contribution in [2.75, 3.05) is 26.3 Å². The van der Waals surface area contributed by atoms with E-state index in [4.69, 9.17) is 27.1 Å². The summed E-state index contributed by atoms with van der Waals surface area (Å²) < 4.78 is 7.60. The summed E-state index contributed by atoms with van der Waals surface area (Å²) in [6.45, 7) is 13.1. The second-order valence-electron chi connectivity index (χ2n) is 11.2. The molecule has 10 nitrogen and oxygen atoms in total.